The molecule has 2 heteroatoms. The van der Waals surface area contributed by atoms with Gasteiger partial charge in [0.15, 0.2) is 0 Å². The molecule has 0 heterocycles. The van der Waals surface area contributed by atoms with Crippen molar-refractivity contribution in [2.45, 2.75) is 19.8 Å². The van der Waals surface area contributed by atoms with Crippen LogP contribution in [0.5, 0.6) is 0 Å². The molecular weight excluding hydrogens is 104 g/mol. The molecular formula is C6H9O2. The number of carbonyl (C=O) groups excluding carboxylic acids is 2. The summed E-state index contributed by atoms with van der Waals surface area (Å²) in [6.45, 7) is 4.58. The van der Waals surface area contributed by atoms with Crippen molar-refractivity contribution >= 4 is 11.6 Å². The van der Waals surface area contributed by atoms with Gasteiger partial charge in [-0.3, -0.25) is 4.79 Å². The topological polar surface area (TPSA) is 34.1 Å². The van der Waals surface area contributed by atoms with Gasteiger partial charge in [0, 0.05) is 19.8 Å². The average Bonchev–Trinajstić information content (AvgIpc) is 1.61. The molecule has 8 heavy (non-hydrogen) atoms. The second kappa shape index (κ2) is 3.36. The molecule has 0 N–H and O–H groups in total. The van der Waals surface area contributed by atoms with Crippen LogP contribution >= 0.6 is 0 Å². The van der Waals surface area contributed by atoms with Crippen molar-refractivity contribution in [3.05, 3.63) is 6.92 Å². The molecule has 0 spiro atoms. The summed E-state index contributed by atoms with van der Waals surface area (Å²) >= 11 is 0. The van der Waals surface area contributed by atoms with Crippen LogP contribution in [0.25, 0.3) is 0 Å². The number of hydrogen-bond donors (Lipinski definition) is 0. The summed E-state index contributed by atoms with van der Waals surface area (Å²) in [6, 6.07) is 0. The number of ketones is 2. The molecule has 1 radical (unpaired) electrons. The van der Waals surface area contributed by atoms with E-state index >= 15 is 0 Å². The van der Waals surface area contributed by atoms with Gasteiger partial charge >= 0.3 is 0 Å². The predicted molar refractivity (Wildman–Crippen MR) is 30.3 cm³/mol. The van der Waals surface area contributed by atoms with Crippen LogP contribution in [0.3, 0.4) is 0 Å². The third kappa shape index (κ3) is 5.34. The fraction of sp³-hybridized carbons (Fsp3) is 0.500. The van der Waals surface area contributed by atoms with Gasteiger partial charge in [0.2, 0.25) is 0 Å². The molecule has 0 aromatic rings. The molecule has 0 aromatic heterocycles. The van der Waals surface area contributed by atoms with Gasteiger partial charge in [-0.2, -0.15) is 0 Å². The van der Waals surface area contributed by atoms with E-state index < -0.39 is 0 Å². The number of hydrogen-bond acceptors (Lipinski definition) is 2. The van der Waals surface area contributed by atoms with E-state index in [9.17, 15) is 9.59 Å². The van der Waals surface area contributed by atoms with E-state index in [1.165, 1.54) is 6.92 Å². The Kier molecular flexibility index (Phi) is 3.08. The van der Waals surface area contributed by atoms with Crippen molar-refractivity contribution in [2.24, 2.45) is 0 Å². The largest absolute Gasteiger partial charge is 0.300 e. The first-order valence-electron chi connectivity index (χ1n) is 2.47. The summed E-state index contributed by atoms with van der Waals surface area (Å²) in [5.41, 5.74) is 0. The average molecular weight is 113 g/mol. The highest BCUT2D eigenvalue weighted by Crippen LogP contribution is 1.89. The molecule has 0 saturated heterocycles. The Morgan fingerprint density at radius 1 is 1.38 bits per heavy atom. The maximum atomic E-state index is 10.2. The van der Waals surface area contributed by atoms with Gasteiger partial charge in [-0.05, 0) is 6.92 Å². The molecule has 45 valence electrons. The Labute approximate surface area is 48.9 Å². The van der Waals surface area contributed by atoms with Gasteiger partial charge in [-0.25, -0.2) is 0 Å². The minimum Gasteiger partial charge on any atom is -0.300 e. The monoisotopic (exact) mass is 113 g/mol. The van der Waals surface area contributed by atoms with Crippen LogP contribution in [-0.2, 0) is 9.59 Å². The molecule has 0 rings (SSSR count). The fourth-order valence-electron chi connectivity index (χ4n) is 0.315. The Balaban J connectivity index is 3.18. The normalized spacial score (nSPS) is 8.75. The van der Waals surface area contributed by atoms with Crippen molar-refractivity contribution in [1.82, 2.24) is 0 Å². The summed E-state index contributed by atoms with van der Waals surface area (Å²) in [4.78, 5) is 20.3. The zero-order chi connectivity index (χ0) is 6.57. The molecule has 0 bridgehead atoms. The second-order valence-corrected chi connectivity index (χ2v) is 1.74. The first kappa shape index (κ1) is 7.34. The molecule has 0 aliphatic carbocycles. The van der Waals surface area contributed by atoms with Crippen LogP contribution in [0.1, 0.15) is 19.8 Å². The fourth-order valence-corrected chi connectivity index (χ4v) is 0.315. The summed E-state index contributed by atoms with van der Waals surface area (Å²) in [7, 11) is 0. The molecule has 2 nitrogen and oxygen atoms in total. The van der Waals surface area contributed by atoms with Gasteiger partial charge in [-0.15, -0.1) is 0 Å². The summed E-state index contributed by atoms with van der Waals surface area (Å²) in [5, 5.41) is 0. The highest BCUT2D eigenvalue weighted by atomic mass is 16.1. The summed E-state index contributed by atoms with van der Waals surface area (Å²) < 4.78 is 0. The third-order valence-electron chi connectivity index (χ3n) is 0.756. The van der Waals surface area contributed by atoms with E-state index in [1.54, 1.807) is 0 Å². The molecule has 0 fully saturated rings. The molecule has 0 atom stereocenters. The van der Waals surface area contributed by atoms with Crippen molar-refractivity contribution in [3.63, 3.8) is 0 Å². The number of carbonyl (C=O) groups is 2. The zero-order valence-corrected chi connectivity index (χ0v) is 4.94. The third-order valence-corrected chi connectivity index (χ3v) is 0.756. The van der Waals surface area contributed by atoms with Crippen LogP contribution in [0.4, 0.5) is 0 Å². The van der Waals surface area contributed by atoms with Gasteiger partial charge < -0.3 is 4.79 Å². The maximum absolute atomic E-state index is 10.2. The lowest BCUT2D eigenvalue weighted by Crippen LogP contribution is -1.95. The Morgan fingerprint density at radius 2 is 1.88 bits per heavy atom. The lowest BCUT2D eigenvalue weighted by molar-refractivity contribution is -0.121. The lowest BCUT2D eigenvalue weighted by atomic mass is 10.2. The number of Topliss-reactive ketones (excluding diaryl/α,β-unsaturated/α-hetero) is 2. The second-order valence-electron chi connectivity index (χ2n) is 1.74. The smallest absolute Gasteiger partial charge is 0.133 e. The first-order valence-corrected chi connectivity index (χ1v) is 2.47. The molecule has 0 amide bonds. The van der Waals surface area contributed by atoms with Crippen molar-refractivity contribution < 1.29 is 9.59 Å². The predicted octanol–water partition coefficient (Wildman–Crippen LogP) is 0.759. The maximum Gasteiger partial charge on any atom is 0.133 e. The van der Waals surface area contributed by atoms with Crippen LogP contribution in [0, 0.1) is 6.92 Å². The van der Waals surface area contributed by atoms with Crippen molar-refractivity contribution in [3.8, 4) is 0 Å². The number of rotatable bonds is 3. The van der Waals surface area contributed by atoms with E-state index in [0.29, 0.717) is 6.42 Å². The Hall–Kier alpha value is -0.660. The zero-order valence-electron chi connectivity index (χ0n) is 4.94. The first-order chi connectivity index (χ1) is 3.63. The Bertz CT molecular complexity index is 91.1. The van der Waals surface area contributed by atoms with Crippen molar-refractivity contribution in [2.75, 3.05) is 0 Å². The summed E-state index contributed by atoms with van der Waals surface area (Å²) in [5.74, 6) is -0.123. The van der Waals surface area contributed by atoms with Gasteiger partial charge in [-0.1, -0.05) is 0 Å². The molecule has 0 unspecified atom stereocenters. The highest BCUT2D eigenvalue weighted by molar-refractivity contribution is 5.87. The minimum atomic E-state index is -0.166. The van der Waals surface area contributed by atoms with Crippen LogP contribution in [0.2, 0.25) is 0 Å². The minimum absolute atomic E-state index is 0.0435. The summed E-state index contributed by atoms with van der Waals surface area (Å²) in [6.07, 6.45) is 0.623. The lowest BCUT2D eigenvalue weighted by Gasteiger charge is -1.86. The van der Waals surface area contributed by atoms with E-state index in [0.717, 1.165) is 0 Å². The van der Waals surface area contributed by atoms with E-state index in [4.69, 9.17) is 0 Å². The SMILES string of the molecule is [CH2]C(=O)CCC(C)=O. The Morgan fingerprint density at radius 3 is 2.00 bits per heavy atom. The molecule has 0 saturated carbocycles. The van der Waals surface area contributed by atoms with Crippen LogP contribution < -0.4 is 0 Å². The van der Waals surface area contributed by atoms with Crippen molar-refractivity contribution in [1.29, 1.82) is 0 Å². The standard InChI is InChI=1S/C6H9O2/c1-5(7)3-4-6(2)8/h1,3-4H2,2H3. The van der Waals surface area contributed by atoms with Crippen LogP contribution in [0.15, 0.2) is 0 Å². The van der Waals surface area contributed by atoms with Crippen LogP contribution in [-0.4, -0.2) is 11.6 Å². The van der Waals surface area contributed by atoms with E-state index in [-0.39, 0.29) is 18.0 Å². The van der Waals surface area contributed by atoms with E-state index in [1.807, 2.05) is 0 Å². The van der Waals surface area contributed by atoms with E-state index in [2.05, 4.69) is 6.92 Å². The van der Waals surface area contributed by atoms with Gasteiger partial charge in [0.05, 0.1) is 0 Å². The van der Waals surface area contributed by atoms with Gasteiger partial charge in [0.25, 0.3) is 0 Å². The highest BCUT2D eigenvalue weighted by Gasteiger charge is 1.95. The molecule has 0 aliphatic heterocycles. The molecule has 0 aromatic carbocycles. The van der Waals surface area contributed by atoms with Gasteiger partial charge in [0.1, 0.15) is 11.6 Å². The quantitative estimate of drug-likeness (QED) is 0.541. The molecule has 0 aliphatic rings.